The SMILES string of the molecule is CCc1ccccc1.COc1ccncc1.Cc1ccc(S(=O)(=O)O)cc1.Cc1ccc(S(=O)(=O)[O-])cc1.O. The lowest BCUT2D eigenvalue weighted by Crippen LogP contribution is -1.97. The van der Waals surface area contributed by atoms with E-state index in [4.69, 9.17) is 9.29 Å². The Kier molecular flexibility index (Phi) is 16.2. The van der Waals surface area contributed by atoms with Gasteiger partial charge in [0.05, 0.1) is 16.9 Å². The summed E-state index contributed by atoms with van der Waals surface area (Å²) in [6.45, 7) is 5.82. The number of pyridine rings is 1. The monoisotopic (exact) mass is 576 g/mol. The van der Waals surface area contributed by atoms with E-state index in [0.717, 1.165) is 23.3 Å². The largest absolute Gasteiger partial charge is 0.744 e. The third-order valence-electron chi connectivity index (χ3n) is 4.77. The third-order valence-corrected chi connectivity index (χ3v) is 6.48. The van der Waals surface area contributed by atoms with Crippen LogP contribution in [0, 0.1) is 13.8 Å². The second-order valence-corrected chi connectivity index (χ2v) is 10.6. The molecule has 1 aromatic heterocycles. The van der Waals surface area contributed by atoms with Crippen LogP contribution in [0.3, 0.4) is 0 Å². The summed E-state index contributed by atoms with van der Waals surface area (Å²) in [5.41, 5.74) is 3.29. The maximum absolute atomic E-state index is 10.5. The number of nitrogens with zero attached hydrogens (tertiary/aromatic N) is 1. The van der Waals surface area contributed by atoms with E-state index < -0.39 is 20.2 Å². The summed E-state index contributed by atoms with van der Waals surface area (Å²) in [5.74, 6) is 0.847. The molecule has 0 saturated carbocycles. The maximum Gasteiger partial charge on any atom is 0.294 e. The molecule has 4 rings (SSSR count). The van der Waals surface area contributed by atoms with Crippen molar-refractivity contribution in [2.75, 3.05) is 7.11 Å². The van der Waals surface area contributed by atoms with Gasteiger partial charge in [-0.15, -0.1) is 0 Å². The minimum Gasteiger partial charge on any atom is -0.744 e. The summed E-state index contributed by atoms with van der Waals surface area (Å²) in [6, 6.07) is 25.8. The Morgan fingerprint density at radius 3 is 1.49 bits per heavy atom. The van der Waals surface area contributed by atoms with Crippen molar-refractivity contribution in [2.24, 2.45) is 0 Å². The summed E-state index contributed by atoms with van der Waals surface area (Å²) in [5, 5.41) is 0. The van der Waals surface area contributed by atoms with Crippen molar-refractivity contribution in [3.05, 3.63) is 120 Å². The van der Waals surface area contributed by atoms with Crippen LogP contribution in [0.15, 0.2) is 113 Å². The Labute approximate surface area is 231 Å². The molecule has 0 bridgehead atoms. The molecule has 11 heteroatoms. The highest BCUT2D eigenvalue weighted by Crippen LogP contribution is 2.09. The van der Waals surface area contributed by atoms with E-state index in [-0.39, 0.29) is 15.3 Å². The highest BCUT2D eigenvalue weighted by molar-refractivity contribution is 7.86. The molecular formula is C28H34NO8S2-. The first-order valence-electron chi connectivity index (χ1n) is 11.4. The van der Waals surface area contributed by atoms with Crippen LogP contribution in [0.2, 0.25) is 0 Å². The molecule has 0 spiro atoms. The number of hydrogen-bond acceptors (Lipinski definition) is 7. The van der Waals surface area contributed by atoms with E-state index >= 15 is 0 Å². The van der Waals surface area contributed by atoms with E-state index in [1.807, 2.05) is 19.9 Å². The van der Waals surface area contributed by atoms with Gasteiger partial charge in [0.15, 0.2) is 0 Å². The van der Waals surface area contributed by atoms with E-state index in [0.29, 0.717) is 0 Å². The molecule has 0 radical (unpaired) electrons. The molecule has 3 N–H and O–H groups in total. The minimum atomic E-state index is -4.27. The molecule has 0 aliphatic carbocycles. The van der Waals surface area contributed by atoms with Crippen molar-refractivity contribution in [1.29, 1.82) is 0 Å². The predicted molar refractivity (Wildman–Crippen MR) is 150 cm³/mol. The van der Waals surface area contributed by atoms with Crippen LogP contribution in [-0.4, -0.2) is 43.5 Å². The third kappa shape index (κ3) is 15.4. The molecule has 0 amide bonds. The summed E-state index contributed by atoms with van der Waals surface area (Å²) in [4.78, 5) is 3.57. The molecule has 4 aromatic rings. The van der Waals surface area contributed by atoms with Crippen molar-refractivity contribution in [3.63, 3.8) is 0 Å². The Hall–Kier alpha value is -3.61. The molecule has 9 nitrogen and oxygen atoms in total. The van der Waals surface area contributed by atoms with Gasteiger partial charge in [-0.1, -0.05) is 72.6 Å². The van der Waals surface area contributed by atoms with Crippen molar-refractivity contribution in [1.82, 2.24) is 4.98 Å². The molecule has 0 fully saturated rings. The van der Waals surface area contributed by atoms with Crippen LogP contribution >= 0.6 is 0 Å². The van der Waals surface area contributed by atoms with Crippen LogP contribution in [0.25, 0.3) is 0 Å². The average molecular weight is 577 g/mol. The van der Waals surface area contributed by atoms with Crippen LogP contribution < -0.4 is 4.74 Å². The quantitative estimate of drug-likeness (QED) is 0.343. The van der Waals surface area contributed by atoms with Gasteiger partial charge in [-0.25, -0.2) is 8.42 Å². The Morgan fingerprint density at radius 2 is 1.18 bits per heavy atom. The fourth-order valence-corrected chi connectivity index (χ4v) is 3.55. The highest BCUT2D eigenvalue weighted by atomic mass is 32.2. The Balaban J connectivity index is 0.000000495. The van der Waals surface area contributed by atoms with E-state index in [9.17, 15) is 21.4 Å². The molecule has 39 heavy (non-hydrogen) atoms. The van der Waals surface area contributed by atoms with Crippen molar-refractivity contribution >= 4 is 20.2 Å². The number of ether oxygens (including phenoxy) is 1. The van der Waals surface area contributed by atoms with Gasteiger partial charge in [-0.2, -0.15) is 8.42 Å². The number of aryl methyl sites for hydroxylation is 3. The van der Waals surface area contributed by atoms with E-state index in [1.165, 1.54) is 29.8 Å². The van der Waals surface area contributed by atoms with Gasteiger partial charge in [-0.3, -0.25) is 9.54 Å². The molecule has 0 atom stereocenters. The van der Waals surface area contributed by atoms with E-state index in [1.54, 1.807) is 55.9 Å². The first kappa shape index (κ1) is 35.4. The molecule has 1 heterocycles. The van der Waals surface area contributed by atoms with Gasteiger partial charge in [0.1, 0.15) is 15.9 Å². The molecule has 3 aromatic carbocycles. The smallest absolute Gasteiger partial charge is 0.294 e. The van der Waals surface area contributed by atoms with Crippen LogP contribution in [0.4, 0.5) is 0 Å². The fourth-order valence-electron chi connectivity index (χ4n) is 2.60. The maximum atomic E-state index is 10.5. The second kappa shape index (κ2) is 17.8. The van der Waals surface area contributed by atoms with Crippen molar-refractivity contribution < 1.29 is 36.2 Å². The lowest BCUT2D eigenvalue weighted by Gasteiger charge is -2.05. The van der Waals surface area contributed by atoms with Crippen LogP contribution in [0.5, 0.6) is 5.75 Å². The van der Waals surface area contributed by atoms with E-state index in [2.05, 4.69) is 36.2 Å². The predicted octanol–water partition coefficient (Wildman–Crippen LogP) is 4.66. The van der Waals surface area contributed by atoms with Gasteiger partial charge in [0.2, 0.25) is 0 Å². The zero-order valence-electron chi connectivity index (χ0n) is 22.2. The zero-order chi connectivity index (χ0) is 28.6. The molecule has 212 valence electrons. The molecular weight excluding hydrogens is 542 g/mol. The van der Waals surface area contributed by atoms with Gasteiger partial charge in [0.25, 0.3) is 10.1 Å². The van der Waals surface area contributed by atoms with Gasteiger partial charge in [0, 0.05) is 12.4 Å². The lowest BCUT2D eigenvalue weighted by atomic mass is 10.2. The number of aromatic nitrogens is 1. The molecule has 0 unspecified atom stereocenters. The fraction of sp³-hybridized carbons (Fsp3) is 0.179. The van der Waals surface area contributed by atoms with Gasteiger partial charge in [-0.05, 0) is 62.2 Å². The first-order chi connectivity index (χ1) is 17.9. The minimum absolute atomic E-state index is 0. The topological polar surface area (TPSA) is 165 Å². The lowest BCUT2D eigenvalue weighted by molar-refractivity contribution is 0.414. The van der Waals surface area contributed by atoms with Gasteiger partial charge >= 0.3 is 0 Å². The van der Waals surface area contributed by atoms with Crippen molar-refractivity contribution in [2.45, 2.75) is 37.0 Å². The summed E-state index contributed by atoms with van der Waals surface area (Å²) in [7, 11) is -6.65. The molecule has 0 aliphatic heterocycles. The zero-order valence-corrected chi connectivity index (χ0v) is 23.8. The molecule has 0 aliphatic rings. The number of methoxy groups -OCH3 is 1. The molecule has 0 saturated heterocycles. The summed E-state index contributed by atoms with van der Waals surface area (Å²) >= 11 is 0. The number of rotatable bonds is 4. The highest BCUT2D eigenvalue weighted by Gasteiger charge is 2.06. The first-order valence-corrected chi connectivity index (χ1v) is 14.3. The van der Waals surface area contributed by atoms with Crippen molar-refractivity contribution in [3.8, 4) is 5.75 Å². The Bertz CT molecular complexity index is 1300. The Morgan fingerprint density at radius 1 is 0.744 bits per heavy atom. The van der Waals surface area contributed by atoms with Crippen LogP contribution in [-0.2, 0) is 26.7 Å². The second-order valence-electron chi connectivity index (χ2n) is 7.78. The summed E-state index contributed by atoms with van der Waals surface area (Å²) < 4.78 is 65.6. The average Bonchev–Trinajstić information content (AvgIpc) is 2.90. The van der Waals surface area contributed by atoms with Crippen LogP contribution in [0.1, 0.15) is 23.6 Å². The summed E-state index contributed by atoms with van der Waals surface area (Å²) in [6.07, 6.45) is 4.53. The normalized spacial score (nSPS) is 10.1. The number of hydrogen-bond donors (Lipinski definition) is 1. The van der Waals surface area contributed by atoms with Gasteiger partial charge < -0.3 is 14.8 Å². The standard InChI is InChI=1S/C8H10.2C7H8O3S.C6H7NO.H2O/c1-2-8-6-4-3-5-7-8;2*1-6-2-4-7(5-3-6)11(8,9)10;1-8-6-2-4-7-5-3-6;/h3-7H,2H2,1H3;2*2-5H,1H3,(H,8,9,10);2-5H,1H3;1H2/p-1. The number of benzene rings is 3.